The van der Waals surface area contributed by atoms with Gasteiger partial charge in [0.15, 0.2) is 0 Å². The highest BCUT2D eigenvalue weighted by Crippen LogP contribution is 2.17. The van der Waals surface area contributed by atoms with Gasteiger partial charge in [-0.2, -0.15) is 0 Å². The molecule has 0 aliphatic carbocycles. The fraction of sp³-hybridized carbons (Fsp3) is 0.368. The molecule has 0 spiro atoms. The highest BCUT2D eigenvalue weighted by molar-refractivity contribution is 7.99. The molecule has 0 saturated heterocycles. The summed E-state index contributed by atoms with van der Waals surface area (Å²) in [4.78, 5) is 15.5. The smallest absolute Gasteiger partial charge is 0.233 e. The average Bonchev–Trinajstić information content (AvgIpc) is 3.36. The summed E-state index contributed by atoms with van der Waals surface area (Å²) in [5.74, 6) is 0.385. The Kier molecular flexibility index (Phi) is 7.00. The van der Waals surface area contributed by atoms with E-state index in [4.69, 9.17) is 0 Å². The minimum Gasteiger partial charge on any atom is -0.341 e. The fourth-order valence-electron chi connectivity index (χ4n) is 2.59. The first kappa shape index (κ1) is 19.6. The molecule has 2 aromatic heterocycles. The second kappa shape index (κ2) is 9.66. The van der Waals surface area contributed by atoms with Gasteiger partial charge in [-0.3, -0.25) is 4.79 Å². The third-order valence-corrected chi connectivity index (χ3v) is 6.13. The Labute approximate surface area is 167 Å². The molecule has 142 valence electrons. The van der Waals surface area contributed by atoms with E-state index in [1.165, 1.54) is 22.2 Å². The summed E-state index contributed by atoms with van der Waals surface area (Å²) in [7, 11) is 1.83. The first-order chi connectivity index (χ1) is 13.2. The molecule has 0 aliphatic heterocycles. The van der Waals surface area contributed by atoms with Crippen LogP contribution in [-0.4, -0.2) is 43.8 Å². The topological polar surface area (TPSA) is 63.9 Å². The number of aryl methyl sites for hydroxylation is 3. The average molecular weight is 402 g/mol. The maximum atomic E-state index is 12.5. The zero-order chi connectivity index (χ0) is 19.1. The van der Waals surface area contributed by atoms with E-state index in [9.17, 15) is 4.79 Å². The Hall–Kier alpha value is -2.19. The zero-order valence-corrected chi connectivity index (χ0v) is 17.2. The van der Waals surface area contributed by atoms with Crippen molar-refractivity contribution in [2.24, 2.45) is 0 Å². The van der Waals surface area contributed by atoms with Crippen molar-refractivity contribution in [2.45, 2.75) is 38.0 Å². The van der Waals surface area contributed by atoms with Gasteiger partial charge in [0.2, 0.25) is 11.1 Å². The molecule has 0 unspecified atom stereocenters. The van der Waals surface area contributed by atoms with Crippen LogP contribution >= 0.6 is 23.1 Å². The number of thioether (sulfide) groups is 1. The Bertz CT molecular complexity index is 845. The highest BCUT2D eigenvalue weighted by Gasteiger charge is 2.14. The number of hydrogen-bond donors (Lipinski definition) is 0. The molecule has 0 bridgehead atoms. The molecule has 1 amide bonds. The van der Waals surface area contributed by atoms with Crippen LogP contribution in [0.25, 0.3) is 0 Å². The van der Waals surface area contributed by atoms with Crippen LogP contribution in [0, 0.1) is 0 Å². The largest absolute Gasteiger partial charge is 0.341 e. The van der Waals surface area contributed by atoms with Gasteiger partial charge in [-0.05, 0) is 39.4 Å². The van der Waals surface area contributed by atoms with Gasteiger partial charge in [-0.25, -0.2) is 4.68 Å². The van der Waals surface area contributed by atoms with Gasteiger partial charge in [-0.15, -0.1) is 16.4 Å². The van der Waals surface area contributed by atoms with E-state index in [0.717, 1.165) is 18.4 Å². The standard InChI is InChI=1S/C19H23N5OS2/c1-3-15-6-8-16(9-7-15)13-23(2)18(25)14-27-19-20-21-22-24(19)11-10-17-5-4-12-26-17/h4-9,12H,3,10-11,13-14H2,1-2H3. The first-order valence-electron chi connectivity index (χ1n) is 8.89. The van der Waals surface area contributed by atoms with E-state index >= 15 is 0 Å². The van der Waals surface area contributed by atoms with E-state index in [1.807, 2.05) is 13.1 Å². The Balaban J connectivity index is 1.49. The number of tetrazole rings is 1. The van der Waals surface area contributed by atoms with E-state index in [2.05, 4.69) is 58.2 Å². The number of thiophene rings is 1. The number of carbonyl (C=O) groups excluding carboxylic acids is 1. The van der Waals surface area contributed by atoms with Crippen molar-refractivity contribution < 1.29 is 4.79 Å². The monoisotopic (exact) mass is 401 g/mol. The van der Waals surface area contributed by atoms with Crippen LogP contribution in [-0.2, 0) is 30.7 Å². The second-order valence-electron chi connectivity index (χ2n) is 6.22. The van der Waals surface area contributed by atoms with Gasteiger partial charge in [0.1, 0.15) is 0 Å². The van der Waals surface area contributed by atoms with Crippen LogP contribution in [0.3, 0.4) is 0 Å². The lowest BCUT2D eigenvalue weighted by Gasteiger charge is -2.17. The summed E-state index contributed by atoms with van der Waals surface area (Å²) < 4.78 is 1.77. The summed E-state index contributed by atoms with van der Waals surface area (Å²) in [5, 5.41) is 14.6. The van der Waals surface area contributed by atoms with Crippen LogP contribution in [0.5, 0.6) is 0 Å². The van der Waals surface area contributed by atoms with Crippen LogP contribution in [0.1, 0.15) is 22.9 Å². The van der Waals surface area contributed by atoms with Crippen molar-refractivity contribution in [1.82, 2.24) is 25.1 Å². The quantitative estimate of drug-likeness (QED) is 0.515. The van der Waals surface area contributed by atoms with Gasteiger partial charge in [0, 0.05) is 24.9 Å². The molecule has 3 aromatic rings. The summed E-state index contributed by atoms with van der Waals surface area (Å²) in [6.07, 6.45) is 1.91. The summed E-state index contributed by atoms with van der Waals surface area (Å²) in [6, 6.07) is 12.5. The second-order valence-corrected chi connectivity index (χ2v) is 8.20. The van der Waals surface area contributed by atoms with Crippen LogP contribution in [0.15, 0.2) is 46.9 Å². The van der Waals surface area contributed by atoms with Crippen molar-refractivity contribution >= 4 is 29.0 Å². The maximum Gasteiger partial charge on any atom is 0.233 e. The molecule has 6 nitrogen and oxygen atoms in total. The predicted molar refractivity (Wildman–Crippen MR) is 109 cm³/mol. The van der Waals surface area contributed by atoms with Crippen LogP contribution in [0.4, 0.5) is 0 Å². The van der Waals surface area contributed by atoms with Gasteiger partial charge >= 0.3 is 0 Å². The van der Waals surface area contributed by atoms with E-state index in [1.54, 1.807) is 20.9 Å². The lowest BCUT2D eigenvalue weighted by atomic mass is 10.1. The van der Waals surface area contributed by atoms with Crippen molar-refractivity contribution in [1.29, 1.82) is 0 Å². The lowest BCUT2D eigenvalue weighted by Crippen LogP contribution is -2.28. The van der Waals surface area contributed by atoms with Gasteiger partial charge in [0.05, 0.1) is 12.3 Å². The minimum atomic E-state index is 0.0624. The number of carbonyl (C=O) groups is 1. The molecule has 0 fully saturated rings. The molecule has 0 aliphatic rings. The molecule has 27 heavy (non-hydrogen) atoms. The van der Waals surface area contributed by atoms with E-state index in [-0.39, 0.29) is 5.91 Å². The normalized spacial score (nSPS) is 10.9. The number of amides is 1. The number of benzene rings is 1. The van der Waals surface area contributed by atoms with Gasteiger partial charge in [0.25, 0.3) is 0 Å². The molecular weight excluding hydrogens is 378 g/mol. The number of nitrogens with zero attached hydrogens (tertiary/aromatic N) is 5. The van der Waals surface area contributed by atoms with Crippen molar-refractivity contribution in [3.8, 4) is 0 Å². The molecule has 0 saturated carbocycles. The molecule has 1 aromatic carbocycles. The fourth-order valence-corrected chi connectivity index (χ4v) is 4.13. The predicted octanol–water partition coefficient (Wildman–Crippen LogP) is 3.29. The Morgan fingerprint density at radius 2 is 2.00 bits per heavy atom. The molecule has 0 radical (unpaired) electrons. The molecular formula is C19H23N5OS2. The van der Waals surface area contributed by atoms with Crippen LogP contribution in [0.2, 0.25) is 0 Å². The third-order valence-electron chi connectivity index (χ3n) is 4.25. The summed E-state index contributed by atoms with van der Waals surface area (Å²) in [6.45, 7) is 3.45. The summed E-state index contributed by atoms with van der Waals surface area (Å²) >= 11 is 3.11. The number of aromatic nitrogens is 4. The highest BCUT2D eigenvalue weighted by atomic mass is 32.2. The van der Waals surface area contributed by atoms with Crippen molar-refractivity contribution in [2.75, 3.05) is 12.8 Å². The van der Waals surface area contributed by atoms with E-state index in [0.29, 0.717) is 24.0 Å². The number of rotatable bonds is 9. The zero-order valence-electron chi connectivity index (χ0n) is 15.5. The maximum absolute atomic E-state index is 12.5. The molecule has 0 atom stereocenters. The van der Waals surface area contributed by atoms with Gasteiger partial charge in [-0.1, -0.05) is 49.0 Å². The molecule has 3 rings (SSSR count). The van der Waals surface area contributed by atoms with Crippen molar-refractivity contribution in [3.05, 3.63) is 57.8 Å². The Morgan fingerprint density at radius 3 is 2.70 bits per heavy atom. The summed E-state index contributed by atoms with van der Waals surface area (Å²) in [5.41, 5.74) is 2.44. The molecule has 8 heteroatoms. The molecule has 0 N–H and O–H groups in total. The first-order valence-corrected chi connectivity index (χ1v) is 10.8. The third kappa shape index (κ3) is 5.64. The van der Waals surface area contributed by atoms with E-state index < -0.39 is 0 Å². The lowest BCUT2D eigenvalue weighted by molar-refractivity contribution is -0.127. The minimum absolute atomic E-state index is 0.0624. The Morgan fingerprint density at radius 1 is 1.22 bits per heavy atom. The molecule has 2 heterocycles. The SMILES string of the molecule is CCc1ccc(CN(C)C(=O)CSc2nnnn2CCc2cccs2)cc1. The van der Waals surface area contributed by atoms with Crippen molar-refractivity contribution in [3.63, 3.8) is 0 Å². The van der Waals surface area contributed by atoms with Gasteiger partial charge < -0.3 is 4.90 Å². The number of hydrogen-bond acceptors (Lipinski definition) is 6. The van der Waals surface area contributed by atoms with Crippen LogP contribution < -0.4 is 0 Å².